The first-order valence-corrected chi connectivity index (χ1v) is 7.13. The number of aromatic nitrogens is 1. The van der Waals surface area contributed by atoms with Gasteiger partial charge in [0.1, 0.15) is 0 Å². The minimum absolute atomic E-state index is 0.306. The molecule has 0 fully saturated rings. The molecule has 0 radical (unpaired) electrons. The Morgan fingerprint density at radius 3 is 3.00 bits per heavy atom. The second-order valence-electron chi connectivity index (χ2n) is 3.49. The van der Waals surface area contributed by atoms with Crippen molar-refractivity contribution in [2.75, 3.05) is 18.5 Å². The molecular weight excluding hydrogens is 270 g/mol. The fourth-order valence-corrected chi connectivity index (χ4v) is 2.10. The van der Waals surface area contributed by atoms with Gasteiger partial charge >= 0.3 is 5.97 Å². The molecule has 0 aromatic carbocycles. The molecule has 0 bridgehead atoms. The van der Waals surface area contributed by atoms with E-state index in [4.69, 9.17) is 17.0 Å². The standard InChI is InChI=1S/C11H17N3O2S2/c1-3-5-6-12-10(17)14-11-13-8(7-18-11)9(15)16-4-2/h7H,3-6H2,1-2H3,(H2,12,13,14,17). The Bertz CT molecular complexity index is 407. The maximum absolute atomic E-state index is 11.4. The molecule has 2 N–H and O–H groups in total. The Kier molecular flexibility index (Phi) is 6.59. The summed E-state index contributed by atoms with van der Waals surface area (Å²) < 4.78 is 4.85. The smallest absolute Gasteiger partial charge is 0.357 e. The molecule has 0 aliphatic heterocycles. The number of carbonyl (C=O) groups excluding carboxylic acids is 1. The number of ether oxygens (including phenoxy) is 1. The molecule has 0 aliphatic rings. The van der Waals surface area contributed by atoms with E-state index in [0.29, 0.717) is 22.5 Å². The van der Waals surface area contributed by atoms with E-state index in [2.05, 4.69) is 22.5 Å². The number of esters is 1. The maximum Gasteiger partial charge on any atom is 0.357 e. The summed E-state index contributed by atoms with van der Waals surface area (Å²) in [6.07, 6.45) is 2.17. The first-order valence-electron chi connectivity index (χ1n) is 5.84. The zero-order valence-corrected chi connectivity index (χ0v) is 12.1. The van der Waals surface area contributed by atoms with Crippen LogP contribution in [0.2, 0.25) is 0 Å². The first kappa shape index (κ1) is 14.8. The summed E-state index contributed by atoms with van der Waals surface area (Å²) in [6.45, 7) is 5.05. The molecule has 1 aromatic heterocycles. The van der Waals surface area contributed by atoms with Crippen LogP contribution in [0.25, 0.3) is 0 Å². The van der Waals surface area contributed by atoms with Crippen LogP contribution in [-0.2, 0) is 4.74 Å². The van der Waals surface area contributed by atoms with Gasteiger partial charge in [0.15, 0.2) is 15.9 Å². The van der Waals surface area contributed by atoms with Crippen LogP contribution in [-0.4, -0.2) is 29.2 Å². The number of nitrogens with one attached hydrogen (secondary N) is 2. The number of carbonyl (C=O) groups is 1. The molecule has 100 valence electrons. The molecule has 1 rings (SSSR count). The molecular formula is C11H17N3O2S2. The average molecular weight is 287 g/mol. The molecule has 7 heteroatoms. The van der Waals surface area contributed by atoms with Crippen molar-refractivity contribution in [3.05, 3.63) is 11.1 Å². The quantitative estimate of drug-likeness (QED) is 0.476. The lowest BCUT2D eigenvalue weighted by Crippen LogP contribution is -2.29. The second-order valence-corrected chi connectivity index (χ2v) is 4.76. The summed E-state index contributed by atoms with van der Waals surface area (Å²) in [5, 5.41) is 8.76. The molecule has 0 spiro atoms. The summed E-state index contributed by atoms with van der Waals surface area (Å²) in [7, 11) is 0. The average Bonchev–Trinajstić information content (AvgIpc) is 2.78. The van der Waals surface area contributed by atoms with Gasteiger partial charge in [-0.25, -0.2) is 9.78 Å². The Morgan fingerprint density at radius 2 is 2.33 bits per heavy atom. The van der Waals surface area contributed by atoms with Gasteiger partial charge < -0.3 is 15.4 Å². The summed E-state index contributed by atoms with van der Waals surface area (Å²) in [6, 6.07) is 0. The Balaban J connectivity index is 2.43. The van der Waals surface area contributed by atoms with Gasteiger partial charge in [0, 0.05) is 11.9 Å². The molecule has 0 saturated carbocycles. The number of hydrogen-bond acceptors (Lipinski definition) is 5. The Hall–Kier alpha value is -1.21. The molecule has 5 nitrogen and oxygen atoms in total. The van der Waals surface area contributed by atoms with Gasteiger partial charge in [0.25, 0.3) is 0 Å². The molecule has 0 aliphatic carbocycles. The van der Waals surface area contributed by atoms with E-state index in [0.717, 1.165) is 19.4 Å². The number of thiazole rings is 1. The van der Waals surface area contributed by atoms with E-state index < -0.39 is 5.97 Å². The molecule has 0 unspecified atom stereocenters. The normalized spacial score (nSPS) is 9.89. The zero-order chi connectivity index (χ0) is 13.4. The number of unbranched alkanes of at least 4 members (excludes halogenated alkanes) is 1. The molecule has 1 aromatic rings. The van der Waals surface area contributed by atoms with Gasteiger partial charge in [0.2, 0.25) is 0 Å². The Labute approximate surface area is 116 Å². The van der Waals surface area contributed by atoms with Crippen molar-refractivity contribution in [1.29, 1.82) is 0 Å². The molecule has 0 atom stereocenters. The van der Waals surface area contributed by atoms with E-state index >= 15 is 0 Å². The van der Waals surface area contributed by atoms with Gasteiger partial charge in [0.05, 0.1) is 6.61 Å². The second kappa shape index (κ2) is 7.99. The van der Waals surface area contributed by atoms with Crippen LogP contribution in [0.5, 0.6) is 0 Å². The lowest BCUT2D eigenvalue weighted by Gasteiger charge is -2.06. The van der Waals surface area contributed by atoms with Crippen LogP contribution in [0.4, 0.5) is 5.13 Å². The van der Waals surface area contributed by atoms with Gasteiger partial charge in [-0.2, -0.15) is 0 Å². The van der Waals surface area contributed by atoms with Crippen LogP contribution in [0.15, 0.2) is 5.38 Å². The Morgan fingerprint density at radius 1 is 1.56 bits per heavy atom. The van der Waals surface area contributed by atoms with Gasteiger partial charge in [-0.05, 0) is 25.6 Å². The third-order valence-electron chi connectivity index (χ3n) is 2.03. The summed E-state index contributed by atoms with van der Waals surface area (Å²) in [5.74, 6) is -0.410. The number of rotatable bonds is 6. The molecule has 1 heterocycles. The van der Waals surface area contributed by atoms with Crippen LogP contribution >= 0.6 is 23.6 Å². The number of thiocarbonyl (C=S) groups is 1. The molecule has 0 amide bonds. The van der Waals surface area contributed by atoms with Crippen LogP contribution in [0.3, 0.4) is 0 Å². The minimum atomic E-state index is -0.410. The van der Waals surface area contributed by atoms with Crippen molar-refractivity contribution < 1.29 is 9.53 Å². The van der Waals surface area contributed by atoms with Gasteiger partial charge in [-0.3, -0.25) is 0 Å². The third kappa shape index (κ3) is 4.97. The number of nitrogens with zero attached hydrogens (tertiary/aromatic N) is 1. The number of hydrogen-bond donors (Lipinski definition) is 2. The van der Waals surface area contributed by atoms with Crippen molar-refractivity contribution in [1.82, 2.24) is 10.3 Å². The van der Waals surface area contributed by atoms with E-state index in [1.807, 2.05) is 0 Å². The van der Waals surface area contributed by atoms with E-state index in [-0.39, 0.29) is 0 Å². The third-order valence-corrected chi connectivity index (χ3v) is 3.03. The lowest BCUT2D eigenvalue weighted by molar-refractivity contribution is 0.0520. The van der Waals surface area contributed by atoms with E-state index in [9.17, 15) is 4.79 Å². The zero-order valence-electron chi connectivity index (χ0n) is 10.5. The predicted molar refractivity (Wildman–Crippen MR) is 77.2 cm³/mol. The topological polar surface area (TPSA) is 63.2 Å². The van der Waals surface area contributed by atoms with Crippen molar-refractivity contribution in [2.45, 2.75) is 26.7 Å². The monoisotopic (exact) mass is 287 g/mol. The molecule has 0 saturated heterocycles. The highest BCUT2D eigenvalue weighted by atomic mass is 32.1. The SMILES string of the molecule is CCCCNC(=S)Nc1nc(C(=O)OCC)cs1. The van der Waals surface area contributed by atoms with E-state index in [1.54, 1.807) is 12.3 Å². The fourth-order valence-electron chi connectivity index (χ4n) is 1.15. The maximum atomic E-state index is 11.4. The highest BCUT2D eigenvalue weighted by Crippen LogP contribution is 2.15. The van der Waals surface area contributed by atoms with Crippen molar-refractivity contribution in [3.63, 3.8) is 0 Å². The predicted octanol–water partition coefficient (Wildman–Crippen LogP) is 2.41. The van der Waals surface area contributed by atoms with Gasteiger partial charge in [-0.1, -0.05) is 13.3 Å². The van der Waals surface area contributed by atoms with Gasteiger partial charge in [-0.15, -0.1) is 11.3 Å². The lowest BCUT2D eigenvalue weighted by atomic mass is 10.3. The van der Waals surface area contributed by atoms with E-state index in [1.165, 1.54) is 11.3 Å². The summed E-state index contributed by atoms with van der Waals surface area (Å²) in [4.78, 5) is 15.5. The van der Waals surface area contributed by atoms with Crippen LogP contribution < -0.4 is 10.6 Å². The van der Waals surface area contributed by atoms with Crippen molar-refractivity contribution in [3.8, 4) is 0 Å². The summed E-state index contributed by atoms with van der Waals surface area (Å²) in [5.41, 5.74) is 0.306. The largest absolute Gasteiger partial charge is 0.461 e. The highest BCUT2D eigenvalue weighted by Gasteiger charge is 2.11. The van der Waals surface area contributed by atoms with Crippen molar-refractivity contribution >= 4 is 39.8 Å². The van der Waals surface area contributed by atoms with Crippen molar-refractivity contribution in [2.24, 2.45) is 0 Å². The highest BCUT2D eigenvalue weighted by molar-refractivity contribution is 7.80. The molecule has 18 heavy (non-hydrogen) atoms. The van der Waals surface area contributed by atoms with Crippen LogP contribution in [0, 0.1) is 0 Å². The van der Waals surface area contributed by atoms with Crippen LogP contribution in [0.1, 0.15) is 37.2 Å². The summed E-state index contributed by atoms with van der Waals surface area (Å²) >= 11 is 6.42. The number of anilines is 1. The minimum Gasteiger partial charge on any atom is -0.461 e. The first-order chi connectivity index (χ1) is 8.67. The fraction of sp³-hybridized carbons (Fsp3) is 0.545.